The van der Waals surface area contributed by atoms with Crippen molar-refractivity contribution >= 4 is 49.6 Å². The molecule has 4 heterocycles. The number of anilines is 2. The molecule has 188 valence electrons. The molecule has 4 aromatic heterocycles. The first kappa shape index (κ1) is 25.7. The normalized spacial score (nSPS) is 10.3. The zero-order valence-electron chi connectivity index (χ0n) is 20.9. The summed E-state index contributed by atoms with van der Waals surface area (Å²) >= 11 is 3.43. The highest BCUT2D eigenvalue weighted by Crippen LogP contribution is 2.22. The van der Waals surface area contributed by atoms with E-state index in [4.69, 9.17) is 0 Å². The number of halogens is 1. The lowest BCUT2D eigenvalue weighted by Crippen LogP contribution is -2.00. The van der Waals surface area contributed by atoms with Crippen molar-refractivity contribution in [1.29, 1.82) is 0 Å². The quantitative estimate of drug-likeness (QED) is 0.267. The molecule has 0 spiro atoms. The molecule has 2 aromatic carbocycles. The second kappa shape index (κ2) is 12.0. The van der Waals surface area contributed by atoms with E-state index in [0.717, 1.165) is 43.4 Å². The molecule has 6 rings (SSSR count). The molecule has 0 fully saturated rings. The zero-order chi connectivity index (χ0) is 26.2. The number of benzene rings is 2. The van der Waals surface area contributed by atoms with Crippen molar-refractivity contribution in [3.8, 4) is 5.69 Å². The number of nitrogens with zero attached hydrogens (tertiary/aromatic N) is 7. The second-order valence-corrected chi connectivity index (χ2v) is 8.76. The predicted molar refractivity (Wildman–Crippen MR) is 151 cm³/mol. The van der Waals surface area contributed by atoms with Gasteiger partial charge in [-0.3, -0.25) is 5.10 Å². The van der Waals surface area contributed by atoms with Gasteiger partial charge in [0.25, 0.3) is 0 Å². The van der Waals surface area contributed by atoms with E-state index in [1.54, 1.807) is 18.6 Å². The summed E-state index contributed by atoms with van der Waals surface area (Å²) in [7, 11) is 3.64. The van der Waals surface area contributed by atoms with Crippen molar-refractivity contribution in [2.24, 2.45) is 0 Å². The average molecular weight is 559 g/mol. The van der Waals surface area contributed by atoms with Crippen LogP contribution in [-0.4, -0.2) is 54.0 Å². The van der Waals surface area contributed by atoms with Crippen molar-refractivity contribution in [2.45, 2.75) is 13.8 Å². The Morgan fingerprint density at radius 3 is 1.95 bits per heavy atom. The minimum absolute atomic E-state index is 0.645. The molecular formula is C26H27BrN10. The maximum Gasteiger partial charge on any atom is 0.223 e. The topological polar surface area (TPSA) is 122 Å². The van der Waals surface area contributed by atoms with Gasteiger partial charge in [0.05, 0.1) is 28.1 Å². The highest BCUT2D eigenvalue weighted by molar-refractivity contribution is 9.10. The number of aryl methyl sites for hydroxylation is 2. The molecule has 0 saturated heterocycles. The number of hydrogen-bond donors (Lipinski definition) is 3. The third-order valence-corrected chi connectivity index (χ3v) is 5.83. The molecule has 0 aliphatic rings. The number of nitrogens with one attached hydrogen (secondary N) is 3. The van der Waals surface area contributed by atoms with Gasteiger partial charge >= 0.3 is 0 Å². The first-order valence-corrected chi connectivity index (χ1v) is 12.3. The van der Waals surface area contributed by atoms with Crippen molar-refractivity contribution in [1.82, 2.24) is 39.9 Å². The van der Waals surface area contributed by atoms with E-state index in [-0.39, 0.29) is 0 Å². The van der Waals surface area contributed by atoms with Crippen LogP contribution in [0.15, 0.2) is 77.8 Å². The van der Waals surface area contributed by atoms with Gasteiger partial charge in [-0.05, 0) is 62.4 Å². The highest BCUT2D eigenvalue weighted by Gasteiger charge is 2.06. The summed E-state index contributed by atoms with van der Waals surface area (Å²) in [6, 6.07) is 15.8. The van der Waals surface area contributed by atoms with E-state index >= 15 is 0 Å². The Bertz CT molecular complexity index is 1560. The molecule has 37 heavy (non-hydrogen) atoms. The van der Waals surface area contributed by atoms with E-state index in [9.17, 15) is 0 Å². The average Bonchev–Trinajstić information content (AvgIpc) is 3.67. The Hall–Kier alpha value is -4.38. The van der Waals surface area contributed by atoms with Crippen LogP contribution in [0.1, 0.15) is 11.4 Å². The summed E-state index contributed by atoms with van der Waals surface area (Å²) < 4.78 is 2.87. The van der Waals surface area contributed by atoms with Gasteiger partial charge in [-0.1, -0.05) is 15.9 Å². The molecule has 0 unspecified atom stereocenters. The summed E-state index contributed by atoms with van der Waals surface area (Å²) in [6.07, 6.45) is 7.14. The molecule has 6 aromatic rings. The minimum atomic E-state index is 0.645. The molecule has 0 saturated carbocycles. The van der Waals surface area contributed by atoms with Gasteiger partial charge in [0, 0.05) is 54.1 Å². The Morgan fingerprint density at radius 2 is 1.43 bits per heavy atom. The summed E-state index contributed by atoms with van der Waals surface area (Å²) in [5.41, 5.74) is 4.85. The molecular weight excluding hydrogens is 532 g/mol. The Morgan fingerprint density at radius 1 is 0.784 bits per heavy atom. The van der Waals surface area contributed by atoms with E-state index in [1.807, 2.05) is 81.3 Å². The first-order chi connectivity index (χ1) is 18.0. The molecule has 10 nitrogen and oxygen atoms in total. The maximum absolute atomic E-state index is 4.43. The van der Waals surface area contributed by atoms with Gasteiger partial charge < -0.3 is 10.6 Å². The van der Waals surface area contributed by atoms with Gasteiger partial charge in [0.15, 0.2) is 0 Å². The maximum atomic E-state index is 4.43. The van der Waals surface area contributed by atoms with Crippen molar-refractivity contribution in [3.05, 3.63) is 89.2 Å². The summed E-state index contributed by atoms with van der Waals surface area (Å²) in [5.74, 6) is 1.31. The SMILES string of the molecule is CNc1nc(C)c2cc(-n3cccn3)ccc2n1.CNc1nc(C)c2cc(Br)ccc2n1.c1cn[nH]c1. The molecule has 0 amide bonds. The predicted octanol–water partition coefficient (Wildman–Crippen LogP) is 5.32. The lowest BCUT2D eigenvalue weighted by atomic mass is 10.2. The van der Waals surface area contributed by atoms with Crippen molar-refractivity contribution in [2.75, 3.05) is 24.7 Å². The Balaban J connectivity index is 0.000000149. The monoisotopic (exact) mass is 558 g/mol. The van der Waals surface area contributed by atoms with Gasteiger partial charge in [0.2, 0.25) is 11.9 Å². The molecule has 0 atom stereocenters. The second-order valence-electron chi connectivity index (χ2n) is 7.85. The number of rotatable bonds is 3. The van der Waals surface area contributed by atoms with E-state index in [0.29, 0.717) is 11.9 Å². The minimum Gasteiger partial charge on any atom is -0.357 e. The number of hydrogen-bond acceptors (Lipinski definition) is 8. The van der Waals surface area contributed by atoms with Crippen molar-refractivity contribution < 1.29 is 0 Å². The number of aromatic amines is 1. The lowest BCUT2D eigenvalue weighted by molar-refractivity contribution is 0.881. The first-order valence-electron chi connectivity index (χ1n) is 11.5. The van der Waals surface area contributed by atoms with Crippen LogP contribution in [0.3, 0.4) is 0 Å². The standard InChI is InChI=1S/C13H13N5.C10H10BrN3.C3H4N2/c1-9-11-8-10(18-7-3-6-15-18)4-5-12(11)17-13(14-2)16-9;1-6-8-5-7(11)3-4-9(8)14-10(12-2)13-6;1-2-4-5-3-1/h3-8H,1-2H3,(H,14,16,17);3-5H,1-2H3,(H,12,13,14);1-3H,(H,4,5). The summed E-state index contributed by atoms with van der Waals surface area (Å²) in [5, 5.41) is 18.5. The van der Waals surface area contributed by atoms with Crippen LogP contribution >= 0.6 is 15.9 Å². The fraction of sp³-hybridized carbons (Fsp3) is 0.154. The van der Waals surface area contributed by atoms with Crippen LogP contribution in [0.25, 0.3) is 27.5 Å². The number of H-pyrrole nitrogens is 1. The molecule has 0 bridgehead atoms. The molecule has 0 aliphatic heterocycles. The van der Waals surface area contributed by atoms with Gasteiger partial charge in [-0.2, -0.15) is 10.2 Å². The highest BCUT2D eigenvalue weighted by atomic mass is 79.9. The van der Waals surface area contributed by atoms with Crippen molar-refractivity contribution in [3.63, 3.8) is 0 Å². The summed E-state index contributed by atoms with van der Waals surface area (Å²) in [6.45, 7) is 3.97. The number of aromatic nitrogens is 8. The van der Waals surface area contributed by atoms with Crippen LogP contribution in [0.5, 0.6) is 0 Å². The van der Waals surface area contributed by atoms with Crippen LogP contribution in [0.4, 0.5) is 11.9 Å². The van der Waals surface area contributed by atoms with Crippen LogP contribution in [0, 0.1) is 13.8 Å². The lowest BCUT2D eigenvalue weighted by Gasteiger charge is -2.07. The third kappa shape index (κ3) is 6.44. The van der Waals surface area contributed by atoms with Gasteiger partial charge in [-0.15, -0.1) is 0 Å². The van der Waals surface area contributed by atoms with Crippen LogP contribution in [-0.2, 0) is 0 Å². The van der Waals surface area contributed by atoms with Crippen LogP contribution < -0.4 is 10.6 Å². The summed E-state index contributed by atoms with van der Waals surface area (Å²) in [4.78, 5) is 17.5. The molecule has 3 N–H and O–H groups in total. The fourth-order valence-corrected chi connectivity index (χ4v) is 3.89. The molecule has 0 radical (unpaired) electrons. The Kier molecular flexibility index (Phi) is 8.37. The van der Waals surface area contributed by atoms with E-state index < -0.39 is 0 Å². The van der Waals surface area contributed by atoms with E-state index in [2.05, 4.69) is 67.9 Å². The van der Waals surface area contributed by atoms with Crippen LogP contribution in [0.2, 0.25) is 0 Å². The number of fused-ring (bicyclic) bond motifs is 2. The molecule has 0 aliphatic carbocycles. The van der Waals surface area contributed by atoms with E-state index in [1.165, 1.54) is 0 Å². The Labute approximate surface area is 222 Å². The fourth-order valence-electron chi connectivity index (χ4n) is 3.53. The third-order valence-electron chi connectivity index (χ3n) is 5.34. The van der Waals surface area contributed by atoms with Gasteiger partial charge in [0.1, 0.15) is 0 Å². The molecule has 11 heteroatoms. The zero-order valence-corrected chi connectivity index (χ0v) is 22.5. The van der Waals surface area contributed by atoms with Gasteiger partial charge in [-0.25, -0.2) is 24.6 Å². The smallest absolute Gasteiger partial charge is 0.223 e. The largest absolute Gasteiger partial charge is 0.357 e.